The molecule has 0 aromatic rings. The summed E-state index contributed by atoms with van der Waals surface area (Å²) in [5, 5.41) is 22.2. The molecule has 0 radical (unpaired) electrons. The van der Waals surface area contributed by atoms with Crippen LogP contribution in [0.2, 0.25) is 0 Å². The molecule has 5 nitrogen and oxygen atoms in total. The second-order valence-corrected chi connectivity index (χ2v) is 10.5. The van der Waals surface area contributed by atoms with Gasteiger partial charge in [-0.1, -0.05) is 25.5 Å². The maximum Gasteiger partial charge on any atom is 1.00 e. The molecule has 3 fully saturated rings. The minimum Gasteiger partial charge on any atom is -0.868 e. The summed E-state index contributed by atoms with van der Waals surface area (Å²) in [5.41, 5.74) is 1.52. The first-order valence-corrected chi connectivity index (χ1v) is 11.7. The Hall–Kier alpha value is -0.620. The number of carbonyl (C=O) groups is 2. The number of aliphatic hydroxyl groups excluding tert-OH is 1. The number of aliphatic hydroxyl groups is 1. The van der Waals surface area contributed by atoms with Crippen LogP contribution < -0.4 is 34.7 Å². The van der Waals surface area contributed by atoms with Crippen molar-refractivity contribution in [3.8, 4) is 0 Å². The summed E-state index contributed by atoms with van der Waals surface area (Å²) in [7, 11) is 0. The Morgan fingerprint density at radius 2 is 1.94 bits per heavy atom. The van der Waals surface area contributed by atoms with Gasteiger partial charge in [0, 0.05) is 5.92 Å². The molecule has 0 saturated heterocycles. The van der Waals surface area contributed by atoms with Crippen LogP contribution in [0, 0.1) is 34.5 Å². The normalized spacial score (nSPS) is 41.7. The van der Waals surface area contributed by atoms with Gasteiger partial charge in [0.1, 0.15) is 0 Å². The van der Waals surface area contributed by atoms with E-state index in [9.17, 15) is 19.8 Å². The Morgan fingerprint density at radius 3 is 2.65 bits per heavy atom. The molecule has 0 spiro atoms. The molecule has 4 aliphatic rings. The van der Waals surface area contributed by atoms with E-state index in [4.69, 9.17) is 4.74 Å². The van der Waals surface area contributed by atoms with Gasteiger partial charge in [0.05, 0.1) is 12.7 Å². The van der Waals surface area contributed by atoms with Crippen molar-refractivity contribution < 1.29 is 54.1 Å². The number of allylic oxidation sites excluding steroid dienone is 2. The molecule has 0 aromatic heterocycles. The van der Waals surface area contributed by atoms with E-state index >= 15 is 0 Å². The molecule has 166 valence electrons. The van der Waals surface area contributed by atoms with Crippen LogP contribution in [0.5, 0.6) is 0 Å². The van der Waals surface area contributed by atoms with Crippen molar-refractivity contribution in [2.45, 2.75) is 78.2 Å². The van der Waals surface area contributed by atoms with Crippen molar-refractivity contribution >= 4 is 11.8 Å². The number of carbonyl (C=O) groups excluding carboxylic acids is 2. The van der Waals surface area contributed by atoms with Crippen molar-refractivity contribution in [2.75, 3.05) is 6.61 Å². The van der Waals surface area contributed by atoms with Crippen LogP contribution in [-0.2, 0) is 14.3 Å². The zero-order chi connectivity index (χ0) is 21.7. The first-order chi connectivity index (χ1) is 14.2. The standard InChI is InChI=1S/C25H36O5.Na/c1-4-30-23(29)22(28)14-21(27)20-8-7-18-17-6-5-15-13-16(26)9-11-24(15,2)19(17)10-12-25(18,20)3;/h5,14,16-20,26,28H,4,6-13H2,1-3H3;/q;+1/p-1/b22-14-;/t16-,17-,18-,19-,20+,24-,25-;/m0./s1. The second-order valence-electron chi connectivity index (χ2n) is 10.5. The van der Waals surface area contributed by atoms with Gasteiger partial charge in [0.25, 0.3) is 0 Å². The Kier molecular flexibility index (Phi) is 7.52. The van der Waals surface area contributed by atoms with E-state index in [0.29, 0.717) is 17.8 Å². The van der Waals surface area contributed by atoms with E-state index < -0.39 is 11.7 Å². The Bertz CT molecular complexity index is 789. The zero-order valence-electron chi connectivity index (χ0n) is 19.5. The quantitative estimate of drug-likeness (QED) is 0.224. The number of ether oxygens (including phenoxy) is 1. The fourth-order valence-corrected chi connectivity index (χ4v) is 7.60. The summed E-state index contributed by atoms with van der Waals surface area (Å²) < 4.78 is 4.74. The SMILES string of the molecule is CCOC(=O)/C([O-])=C/C(=O)[C@H]1CC[C@H]2[C@@H]3CC=C4C[C@@H](O)CC[C@]4(C)[C@H]3CC[C@]12C.[Na+]. The number of ketones is 1. The van der Waals surface area contributed by atoms with Crippen LogP contribution in [0.4, 0.5) is 0 Å². The van der Waals surface area contributed by atoms with Crippen molar-refractivity contribution in [3.63, 3.8) is 0 Å². The molecule has 0 heterocycles. The zero-order valence-corrected chi connectivity index (χ0v) is 21.5. The van der Waals surface area contributed by atoms with E-state index in [-0.39, 0.29) is 64.8 Å². The molecular formula is C25H35NaO5. The van der Waals surface area contributed by atoms with E-state index in [1.807, 2.05) is 0 Å². The fourth-order valence-electron chi connectivity index (χ4n) is 7.60. The fraction of sp³-hybridized carbons (Fsp3) is 0.760. The van der Waals surface area contributed by atoms with E-state index in [0.717, 1.165) is 57.4 Å². The molecule has 1 N–H and O–H groups in total. The number of hydrogen-bond acceptors (Lipinski definition) is 5. The van der Waals surface area contributed by atoms with Gasteiger partial charge in [-0.25, -0.2) is 4.79 Å². The maximum absolute atomic E-state index is 13.0. The van der Waals surface area contributed by atoms with E-state index in [1.165, 1.54) is 5.57 Å². The molecule has 31 heavy (non-hydrogen) atoms. The van der Waals surface area contributed by atoms with Gasteiger partial charge in [-0.2, -0.15) is 0 Å². The summed E-state index contributed by atoms with van der Waals surface area (Å²) in [6.07, 6.45) is 10.9. The molecule has 3 saturated carbocycles. The van der Waals surface area contributed by atoms with Gasteiger partial charge in [0.2, 0.25) is 0 Å². The van der Waals surface area contributed by atoms with Gasteiger partial charge in [-0.3, -0.25) is 4.79 Å². The van der Waals surface area contributed by atoms with Crippen LogP contribution in [0.3, 0.4) is 0 Å². The minimum atomic E-state index is -0.938. The topological polar surface area (TPSA) is 86.7 Å². The predicted octanol–water partition coefficient (Wildman–Crippen LogP) is 0.307. The van der Waals surface area contributed by atoms with Crippen molar-refractivity contribution in [1.82, 2.24) is 0 Å². The third-order valence-corrected chi connectivity index (χ3v) is 9.17. The summed E-state index contributed by atoms with van der Waals surface area (Å²) in [6.45, 7) is 6.40. The Labute approximate surface area is 208 Å². The van der Waals surface area contributed by atoms with Crippen LogP contribution in [0.15, 0.2) is 23.5 Å². The van der Waals surface area contributed by atoms with Crippen LogP contribution in [0.25, 0.3) is 0 Å². The molecule has 0 amide bonds. The van der Waals surface area contributed by atoms with Crippen LogP contribution in [0.1, 0.15) is 72.1 Å². The van der Waals surface area contributed by atoms with Crippen molar-refractivity contribution in [1.29, 1.82) is 0 Å². The predicted molar refractivity (Wildman–Crippen MR) is 111 cm³/mol. The third-order valence-electron chi connectivity index (χ3n) is 9.17. The van der Waals surface area contributed by atoms with Gasteiger partial charge in [-0.05, 0) is 98.7 Å². The average Bonchev–Trinajstić information content (AvgIpc) is 3.06. The largest absolute Gasteiger partial charge is 1.00 e. The van der Waals surface area contributed by atoms with Crippen molar-refractivity contribution in [3.05, 3.63) is 23.5 Å². The Morgan fingerprint density at radius 1 is 1.19 bits per heavy atom. The number of hydrogen-bond donors (Lipinski definition) is 1. The smallest absolute Gasteiger partial charge is 0.868 e. The number of esters is 1. The molecule has 0 bridgehead atoms. The van der Waals surface area contributed by atoms with Gasteiger partial charge in [-0.15, -0.1) is 0 Å². The third kappa shape index (κ3) is 4.20. The minimum absolute atomic E-state index is 0. The number of fused-ring (bicyclic) bond motifs is 5. The molecule has 7 atom stereocenters. The van der Waals surface area contributed by atoms with Crippen LogP contribution in [-0.4, -0.2) is 29.6 Å². The van der Waals surface area contributed by atoms with E-state index in [2.05, 4.69) is 19.9 Å². The first kappa shape index (κ1) is 25.0. The van der Waals surface area contributed by atoms with E-state index in [1.54, 1.807) is 6.92 Å². The van der Waals surface area contributed by atoms with Gasteiger partial charge < -0.3 is 14.9 Å². The molecule has 0 unspecified atom stereocenters. The summed E-state index contributed by atoms with van der Waals surface area (Å²) in [4.78, 5) is 24.6. The summed E-state index contributed by atoms with van der Waals surface area (Å²) >= 11 is 0. The molecule has 0 aromatic carbocycles. The van der Waals surface area contributed by atoms with Gasteiger partial charge in [0.15, 0.2) is 5.78 Å². The van der Waals surface area contributed by atoms with Crippen molar-refractivity contribution in [2.24, 2.45) is 34.5 Å². The molecule has 4 aliphatic carbocycles. The Balaban J connectivity index is 0.00000272. The van der Waals surface area contributed by atoms with Gasteiger partial charge >= 0.3 is 35.5 Å². The molecule has 0 aliphatic heterocycles. The summed E-state index contributed by atoms with van der Waals surface area (Å²) in [5.74, 6) is -0.511. The van der Waals surface area contributed by atoms with Crippen LogP contribution >= 0.6 is 0 Å². The number of rotatable bonds is 4. The molecular weight excluding hydrogens is 403 g/mol. The summed E-state index contributed by atoms with van der Waals surface area (Å²) in [6, 6.07) is 0. The first-order valence-electron chi connectivity index (χ1n) is 11.7. The second kappa shape index (κ2) is 9.32. The monoisotopic (exact) mass is 438 g/mol. The molecule has 4 rings (SSSR count). The molecule has 6 heteroatoms. The maximum atomic E-state index is 13.0. The average molecular weight is 439 g/mol.